The fourth-order valence-electron chi connectivity index (χ4n) is 2.92. The standard InChI is InChI=1S/C17H24N4O2/c1-17(2,3)23-16(22)21-10-9-18-13(11-21)15-12-7-5-6-8-14(12)20(4)19-15/h5-8,13,18H,9-11H2,1-4H3. The molecule has 0 radical (unpaired) electrons. The predicted molar refractivity (Wildman–Crippen MR) is 89.3 cm³/mol. The predicted octanol–water partition coefficient (Wildman–Crippen LogP) is 2.45. The van der Waals surface area contributed by atoms with Crippen LogP contribution in [0.4, 0.5) is 4.79 Å². The molecule has 1 aromatic heterocycles. The van der Waals surface area contributed by atoms with Gasteiger partial charge in [-0.25, -0.2) is 4.79 Å². The maximum absolute atomic E-state index is 12.3. The molecule has 1 saturated heterocycles. The van der Waals surface area contributed by atoms with Crippen LogP contribution >= 0.6 is 0 Å². The Morgan fingerprint density at radius 1 is 1.35 bits per heavy atom. The molecule has 0 bridgehead atoms. The van der Waals surface area contributed by atoms with Crippen LogP contribution in [-0.4, -0.2) is 46.0 Å². The lowest BCUT2D eigenvalue weighted by atomic mass is 10.1. The van der Waals surface area contributed by atoms with Crippen molar-refractivity contribution in [3.63, 3.8) is 0 Å². The summed E-state index contributed by atoms with van der Waals surface area (Å²) in [6, 6.07) is 8.17. The molecule has 1 aromatic carbocycles. The summed E-state index contributed by atoms with van der Waals surface area (Å²) >= 11 is 0. The molecule has 1 aliphatic heterocycles. The van der Waals surface area contributed by atoms with Gasteiger partial charge in [-0.3, -0.25) is 4.68 Å². The first kappa shape index (κ1) is 15.8. The summed E-state index contributed by atoms with van der Waals surface area (Å²) in [6.07, 6.45) is -0.260. The van der Waals surface area contributed by atoms with Gasteiger partial charge in [-0.15, -0.1) is 0 Å². The highest BCUT2D eigenvalue weighted by molar-refractivity contribution is 5.82. The van der Waals surface area contributed by atoms with E-state index in [2.05, 4.69) is 22.5 Å². The molecule has 1 unspecified atom stereocenters. The molecule has 124 valence electrons. The number of ether oxygens (including phenoxy) is 1. The van der Waals surface area contributed by atoms with Gasteiger partial charge in [-0.1, -0.05) is 18.2 Å². The Balaban J connectivity index is 1.82. The number of carbonyl (C=O) groups is 1. The zero-order valence-electron chi connectivity index (χ0n) is 14.2. The zero-order chi connectivity index (χ0) is 16.6. The molecule has 1 fully saturated rings. The second kappa shape index (κ2) is 5.85. The van der Waals surface area contributed by atoms with Crippen molar-refractivity contribution in [1.82, 2.24) is 20.0 Å². The molecule has 1 amide bonds. The number of hydrogen-bond acceptors (Lipinski definition) is 4. The van der Waals surface area contributed by atoms with Crippen LogP contribution in [0.15, 0.2) is 24.3 Å². The van der Waals surface area contributed by atoms with E-state index in [1.165, 1.54) is 0 Å². The first-order chi connectivity index (χ1) is 10.8. The number of fused-ring (bicyclic) bond motifs is 1. The maximum Gasteiger partial charge on any atom is 0.410 e. The van der Waals surface area contributed by atoms with Crippen LogP contribution in [0.5, 0.6) is 0 Å². The van der Waals surface area contributed by atoms with Gasteiger partial charge >= 0.3 is 6.09 Å². The normalized spacial score (nSPS) is 19.1. The Hall–Kier alpha value is -2.08. The highest BCUT2D eigenvalue weighted by atomic mass is 16.6. The van der Waals surface area contributed by atoms with Gasteiger partial charge in [0, 0.05) is 32.1 Å². The van der Waals surface area contributed by atoms with E-state index in [4.69, 9.17) is 4.74 Å². The molecular formula is C17H24N4O2. The first-order valence-corrected chi connectivity index (χ1v) is 7.98. The second-order valence-corrected chi connectivity index (χ2v) is 6.96. The van der Waals surface area contributed by atoms with Crippen LogP contribution < -0.4 is 5.32 Å². The molecule has 2 heterocycles. The Morgan fingerprint density at radius 3 is 2.83 bits per heavy atom. The van der Waals surface area contributed by atoms with Crippen LogP contribution in [0.1, 0.15) is 32.5 Å². The lowest BCUT2D eigenvalue weighted by Crippen LogP contribution is -2.49. The number of aryl methyl sites for hydroxylation is 1. The van der Waals surface area contributed by atoms with E-state index in [0.717, 1.165) is 23.1 Å². The molecule has 0 saturated carbocycles. The number of para-hydroxylation sites is 1. The third-order valence-corrected chi connectivity index (χ3v) is 3.94. The Morgan fingerprint density at radius 2 is 2.09 bits per heavy atom. The van der Waals surface area contributed by atoms with E-state index in [1.54, 1.807) is 4.90 Å². The molecule has 3 rings (SSSR count). The van der Waals surface area contributed by atoms with Gasteiger partial charge in [0.25, 0.3) is 0 Å². The molecule has 6 heteroatoms. The first-order valence-electron chi connectivity index (χ1n) is 7.98. The number of amides is 1. The van der Waals surface area contributed by atoms with Crippen molar-refractivity contribution in [3.8, 4) is 0 Å². The van der Waals surface area contributed by atoms with E-state index < -0.39 is 5.60 Å². The highest BCUT2D eigenvalue weighted by Crippen LogP contribution is 2.25. The van der Waals surface area contributed by atoms with Gasteiger partial charge in [-0.2, -0.15) is 5.10 Å². The quantitative estimate of drug-likeness (QED) is 0.878. The van der Waals surface area contributed by atoms with E-state index in [-0.39, 0.29) is 12.1 Å². The summed E-state index contributed by atoms with van der Waals surface area (Å²) in [5.41, 5.74) is 1.60. The number of nitrogens with zero attached hydrogens (tertiary/aromatic N) is 3. The van der Waals surface area contributed by atoms with Crippen LogP contribution in [0, 0.1) is 0 Å². The molecule has 2 aromatic rings. The molecule has 1 N–H and O–H groups in total. The topological polar surface area (TPSA) is 59.4 Å². The molecule has 1 aliphatic rings. The number of rotatable bonds is 1. The van der Waals surface area contributed by atoms with Crippen molar-refractivity contribution in [2.45, 2.75) is 32.4 Å². The monoisotopic (exact) mass is 316 g/mol. The van der Waals surface area contributed by atoms with E-state index in [1.807, 2.05) is 44.6 Å². The van der Waals surface area contributed by atoms with Crippen LogP contribution in [0.3, 0.4) is 0 Å². The van der Waals surface area contributed by atoms with Crippen molar-refractivity contribution >= 4 is 17.0 Å². The summed E-state index contributed by atoms with van der Waals surface area (Å²) in [5.74, 6) is 0. The Bertz CT molecular complexity index is 717. The van der Waals surface area contributed by atoms with Crippen molar-refractivity contribution in [2.24, 2.45) is 7.05 Å². The second-order valence-electron chi connectivity index (χ2n) is 6.96. The Kier molecular flexibility index (Phi) is 4.02. The largest absolute Gasteiger partial charge is 0.444 e. The minimum atomic E-state index is -0.477. The third kappa shape index (κ3) is 3.32. The third-order valence-electron chi connectivity index (χ3n) is 3.94. The van der Waals surface area contributed by atoms with E-state index >= 15 is 0 Å². The average molecular weight is 316 g/mol. The minimum Gasteiger partial charge on any atom is -0.444 e. The smallest absolute Gasteiger partial charge is 0.410 e. The van der Waals surface area contributed by atoms with Gasteiger partial charge in [0.15, 0.2) is 0 Å². The fourth-order valence-corrected chi connectivity index (χ4v) is 2.92. The Labute approximate surface area is 136 Å². The lowest BCUT2D eigenvalue weighted by molar-refractivity contribution is 0.0194. The molecule has 23 heavy (non-hydrogen) atoms. The van der Waals surface area contributed by atoms with Crippen molar-refractivity contribution < 1.29 is 9.53 Å². The summed E-state index contributed by atoms with van der Waals surface area (Å²) in [4.78, 5) is 14.1. The van der Waals surface area contributed by atoms with E-state index in [9.17, 15) is 4.79 Å². The van der Waals surface area contributed by atoms with Gasteiger partial charge in [0.05, 0.1) is 17.3 Å². The van der Waals surface area contributed by atoms with Crippen LogP contribution in [-0.2, 0) is 11.8 Å². The molecule has 0 aliphatic carbocycles. The van der Waals surface area contributed by atoms with Gasteiger partial charge in [-0.05, 0) is 26.8 Å². The lowest BCUT2D eigenvalue weighted by Gasteiger charge is -2.34. The maximum atomic E-state index is 12.3. The van der Waals surface area contributed by atoms with Gasteiger partial charge < -0.3 is 15.0 Å². The summed E-state index contributed by atoms with van der Waals surface area (Å²) in [7, 11) is 1.94. The number of carbonyl (C=O) groups excluding carboxylic acids is 1. The molecular weight excluding hydrogens is 292 g/mol. The van der Waals surface area contributed by atoms with Crippen molar-refractivity contribution in [1.29, 1.82) is 0 Å². The number of aromatic nitrogens is 2. The minimum absolute atomic E-state index is 0.0161. The van der Waals surface area contributed by atoms with Gasteiger partial charge in [0.1, 0.15) is 5.60 Å². The van der Waals surface area contributed by atoms with E-state index in [0.29, 0.717) is 13.1 Å². The number of hydrogen-bond donors (Lipinski definition) is 1. The molecule has 6 nitrogen and oxygen atoms in total. The fraction of sp³-hybridized carbons (Fsp3) is 0.529. The summed E-state index contributed by atoms with van der Waals surface area (Å²) in [6.45, 7) is 7.60. The molecule has 0 spiro atoms. The summed E-state index contributed by atoms with van der Waals surface area (Å²) < 4.78 is 7.38. The molecule has 1 atom stereocenters. The number of nitrogens with one attached hydrogen (secondary N) is 1. The van der Waals surface area contributed by atoms with Gasteiger partial charge in [0.2, 0.25) is 0 Å². The average Bonchev–Trinajstić information content (AvgIpc) is 2.83. The number of piperazine rings is 1. The highest BCUT2D eigenvalue weighted by Gasteiger charge is 2.30. The van der Waals surface area contributed by atoms with Crippen molar-refractivity contribution in [3.05, 3.63) is 30.0 Å². The summed E-state index contributed by atoms with van der Waals surface area (Å²) in [5, 5.41) is 9.24. The number of benzene rings is 1. The van der Waals surface area contributed by atoms with Crippen molar-refractivity contribution in [2.75, 3.05) is 19.6 Å². The SMILES string of the molecule is Cn1nc(C2CN(C(=O)OC(C)(C)C)CCN2)c2ccccc21. The van der Waals surface area contributed by atoms with Crippen LogP contribution in [0.25, 0.3) is 10.9 Å². The zero-order valence-corrected chi connectivity index (χ0v) is 14.2. The van der Waals surface area contributed by atoms with Crippen LogP contribution in [0.2, 0.25) is 0 Å².